The van der Waals surface area contributed by atoms with Crippen LogP contribution < -0.4 is 0 Å². The molecule has 0 bridgehead atoms. The van der Waals surface area contributed by atoms with Crippen molar-refractivity contribution in [2.75, 3.05) is 0 Å². The van der Waals surface area contributed by atoms with Gasteiger partial charge in [-0.2, -0.15) is 6.08 Å². The molecule has 0 N–H and O–H groups in total. The summed E-state index contributed by atoms with van der Waals surface area (Å²) >= 11 is 0. The number of allylic oxidation sites excluding steroid dienone is 5. The van der Waals surface area contributed by atoms with Crippen molar-refractivity contribution in [2.24, 2.45) is 0 Å². The first-order valence-electron chi connectivity index (χ1n) is 2.70. The minimum atomic E-state index is 0. The summed E-state index contributed by atoms with van der Waals surface area (Å²) in [6.07, 6.45) is 11.5. The molecule has 0 aromatic carbocycles. The fraction of sp³-hybridized carbons (Fsp3) is 0.250. The molecule has 51 valence electrons. The van der Waals surface area contributed by atoms with Gasteiger partial charge in [0.1, 0.15) is 0 Å². The van der Waals surface area contributed by atoms with Crippen molar-refractivity contribution in [2.45, 2.75) is 13.3 Å². The molecule has 0 saturated heterocycles. The first kappa shape index (κ1) is 11.6. The fourth-order valence-electron chi connectivity index (χ4n) is 0.316. The standard InChI is InChI=1S/C8H11.Ru/c1-3-5-7-8-6-4-2;/h3-4,6,8H,1,5H2,2H3;/q-1;+1. The van der Waals surface area contributed by atoms with Crippen LogP contribution >= 0.6 is 0 Å². The van der Waals surface area contributed by atoms with Crippen molar-refractivity contribution < 1.29 is 19.5 Å². The molecule has 1 radical (unpaired) electrons. The van der Waals surface area contributed by atoms with Gasteiger partial charge < -0.3 is 0 Å². The van der Waals surface area contributed by atoms with Crippen LogP contribution in [0.25, 0.3) is 0 Å². The SMILES string of the molecule is C=CC[C-]=CC=CC.[Ru+]. The van der Waals surface area contributed by atoms with E-state index < -0.39 is 0 Å². The molecule has 0 aliphatic heterocycles. The summed E-state index contributed by atoms with van der Waals surface area (Å²) < 4.78 is 0. The summed E-state index contributed by atoms with van der Waals surface area (Å²) in [4.78, 5) is 0. The van der Waals surface area contributed by atoms with Gasteiger partial charge in [0.2, 0.25) is 0 Å². The minimum Gasteiger partial charge on any atom is -0.271 e. The van der Waals surface area contributed by atoms with E-state index in [2.05, 4.69) is 12.7 Å². The zero-order chi connectivity index (χ0) is 6.24. The Kier molecular flexibility index (Phi) is 13.9. The van der Waals surface area contributed by atoms with Crippen LogP contribution in [0.2, 0.25) is 0 Å². The Hall–Kier alpha value is -0.157. The van der Waals surface area contributed by atoms with E-state index in [0.29, 0.717) is 0 Å². The zero-order valence-electron chi connectivity index (χ0n) is 5.58. The Morgan fingerprint density at radius 1 is 1.56 bits per heavy atom. The van der Waals surface area contributed by atoms with Crippen molar-refractivity contribution >= 4 is 0 Å². The van der Waals surface area contributed by atoms with Crippen LogP contribution in [0.1, 0.15) is 13.3 Å². The molecule has 0 rings (SSSR count). The Bertz CT molecular complexity index is 101. The molecule has 0 aliphatic carbocycles. The second-order valence-electron chi connectivity index (χ2n) is 1.39. The molecule has 0 aliphatic rings. The third-order valence-corrected chi connectivity index (χ3v) is 0.669. The molecule has 0 atom stereocenters. The van der Waals surface area contributed by atoms with E-state index in [-0.39, 0.29) is 19.5 Å². The third kappa shape index (κ3) is 11.4. The van der Waals surface area contributed by atoms with Gasteiger partial charge in [-0.25, -0.2) is 12.2 Å². The normalized spacial score (nSPS) is 9.89. The summed E-state index contributed by atoms with van der Waals surface area (Å²) in [6.45, 7) is 5.53. The van der Waals surface area contributed by atoms with Crippen LogP contribution in [0.15, 0.2) is 30.9 Å². The van der Waals surface area contributed by atoms with Crippen molar-refractivity contribution in [3.8, 4) is 0 Å². The molecule has 0 aromatic heterocycles. The second kappa shape index (κ2) is 10.8. The van der Waals surface area contributed by atoms with Gasteiger partial charge in [0.25, 0.3) is 0 Å². The number of rotatable bonds is 3. The monoisotopic (exact) mass is 209 g/mol. The van der Waals surface area contributed by atoms with Gasteiger partial charge >= 0.3 is 19.5 Å². The Morgan fingerprint density at radius 2 is 2.22 bits per heavy atom. The third-order valence-electron chi connectivity index (χ3n) is 0.669. The zero-order valence-corrected chi connectivity index (χ0v) is 7.32. The van der Waals surface area contributed by atoms with Gasteiger partial charge in [0.15, 0.2) is 0 Å². The van der Waals surface area contributed by atoms with Crippen LogP contribution in [0.3, 0.4) is 0 Å². The largest absolute Gasteiger partial charge is 1.00 e. The van der Waals surface area contributed by atoms with Crippen molar-refractivity contribution in [3.63, 3.8) is 0 Å². The Labute approximate surface area is 70.1 Å². The van der Waals surface area contributed by atoms with E-state index in [1.165, 1.54) is 0 Å². The molecule has 0 saturated carbocycles. The maximum absolute atomic E-state index is 3.55. The average molecular weight is 208 g/mol. The Balaban J connectivity index is 0. The van der Waals surface area contributed by atoms with Crippen molar-refractivity contribution in [1.82, 2.24) is 0 Å². The predicted octanol–water partition coefficient (Wildman–Crippen LogP) is 2.50. The van der Waals surface area contributed by atoms with Gasteiger partial charge in [-0.1, -0.05) is 13.3 Å². The molecule has 0 unspecified atom stereocenters. The summed E-state index contributed by atoms with van der Waals surface area (Å²) in [5.41, 5.74) is 0. The van der Waals surface area contributed by atoms with Gasteiger partial charge in [-0.3, -0.25) is 6.08 Å². The van der Waals surface area contributed by atoms with Crippen molar-refractivity contribution in [1.29, 1.82) is 0 Å². The molecule has 0 amide bonds. The fourth-order valence-corrected chi connectivity index (χ4v) is 0.316. The molecular formula is C8H11Ru. The quantitative estimate of drug-likeness (QED) is 0.289. The molecule has 1 heteroatoms. The molecule has 0 fully saturated rings. The maximum Gasteiger partial charge on any atom is 1.00 e. The van der Waals surface area contributed by atoms with E-state index in [4.69, 9.17) is 0 Å². The van der Waals surface area contributed by atoms with Gasteiger partial charge in [0.05, 0.1) is 0 Å². The van der Waals surface area contributed by atoms with Gasteiger partial charge in [-0.15, -0.1) is 12.7 Å². The number of hydrogen-bond acceptors (Lipinski definition) is 0. The van der Waals surface area contributed by atoms with E-state index >= 15 is 0 Å². The van der Waals surface area contributed by atoms with Crippen LogP contribution in [0, 0.1) is 6.08 Å². The molecule has 0 nitrogen and oxygen atoms in total. The van der Waals surface area contributed by atoms with E-state index in [9.17, 15) is 0 Å². The van der Waals surface area contributed by atoms with Gasteiger partial charge in [-0.05, 0) is 0 Å². The summed E-state index contributed by atoms with van der Waals surface area (Å²) in [5, 5.41) is 0. The van der Waals surface area contributed by atoms with Gasteiger partial charge in [0, 0.05) is 0 Å². The van der Waals surface area contributed by atoms with E-state index in [1.54, 1.807) is 0 Å². The molecule has 0 heterocycles. The topological polar surface area (TPSA) is 0 Å². The van der Waals surface area contributed by atoms with Crippen LogP contribution in [0.4, 0.5) is 0 Å². The minimum absolute atomic E-state index is 0. The smallest absolute Gasteiger partial charge is 0.271 e. The summed E-state index contributed by atoms with van der Waals surface area (Å²) in [5.74, 6) is 0. The maximum atomic E-state index is 3.55. The van der Waals surface area contributed by atoms with E-state index in [0.717, 1.165) is 6.42 Å². The van der Waals surface area contributed by atoms with Crippen LogP contribution in [-0.2, 0) is 19.5 Å². The van der Waals surface area contributed by atoms with Crippen molar-refractivity contribution in [3.05, 3.63) is 37.0 Å². The molecule has 0 aromatic rings. The number of hydrogen-bond donors (Lipinski definition) is 0. The summed E-state index contributed by atoms with van der Waals surface area (Å²) in [6, 6.07) is 0. The molecule has 9 heavy (non-hydrogen) atoms. The van der Waals surface area contributed by atoms with E-state index in [1.807, 2.05) is 31.2 Å². The molecular weight excluding hydrogens is 197 g/mol. The molecule has 0 spiro atoms. The second-order valence-corrected chi connectivity index (χ2v) is 1.39. The summed E-state index contributed by atoms with van der Waals surface area (Å²) in [7, 11) is 0. The predicted molar refractivity (Wildman–Crippen MR) is 37.4 cm³/mol. The average Bonchev–Trinajstić information content (AvgIpc) is 1.81. The van der Waals surface area contributed by atoms with Crippen LogP contribution in [0.5, 0.6) is 0 Å². The Morgan fingerprint density at radius 3 is 2.67 bits per heavy atom. The first-order valence-corrected chi connectivity index (χ1v) is 2.70. The first-order chi connectivity index (χ1) is 3.91. The van der Waals surface area contributed by atoms with Crippen LogP contribution in [-0.4, -0.2) is 0 Å².